The quantitative estimate of drug-likeness (QED) is 0.852. The highest BCUT2D eigenvalue weighted by Gasteiger charge is 2.35. The molecule has 2 N–H and O–H groups in total. The van der Waals surface area contributed by atoms with Crippen LogP contribution >= 0.6 is 22.9 Å². The molecule has 1 saturated heterocycles. The lowest BCUT2D eigenvalue weighted by Crippen LogP contribution is -2.38. The van der Waals surface area contributed by atoms with Crippen LogP contribution in [0.15, 0.2) is 41.8 Å². The van der Waals surface area contributed by atoms with E-state index in [4.69, 9.17) is 21.4 Å². The summed E-state index contributed by atoms with van der Waals surface area (Å²) in [5.74, 6) is -1.33. The van der Waals surface area contributed by atoms with Crippen molar-refractivity contribution >= 4 is 34.8 Å². The summed E-state index contributed by atoms with van der Waals surface area (Å²) in [7, 11) is 0. The number of carboxylic acid groups (broad SMARTS) is 1. The average Bonchev–Trinajstić information content (AvgIpc) is 3.25. The summed E-state index contributed by atoms with van der Waals surface area (Å²) in [5, 5.41) is 14.5. The highest BCUT2D eigenvalue weighted by molar-refractivity contribution is 7.10. The molecule has 5 nitrogen and oxygen atoms in total. The summed E-state index contributed by atoms with van der Waals surface area (Å²) in [6.45, 7) is 0. The third-order valence-electron chi connectivity index (χ3n) is 3.91. The van der Waals surface area contributed by atoms with E-state index in [9.17, 15) is 9.59 Å². The molecule has 0 saturated carbocycles. The Hall–Kier alpha value is -1.89. The van der Waals surface area contributed by atoms with Crippen LogP contribution in [0.1, 0.15) is 29.3 Å². The lowest BCUT2D eigenvalue weighted by atomic mass is 10.0. The van der Waals surface area contributed by atoms with E-state index in [1.807, 2.05) is 29.6 Å². The van der Waals surface area contributed by atoms with E-state index < -0.39 is 18.2 Å². The number of thiophene rings is 1. The lowest BCUT2D eigenvalue weighted by molar-refractivity contribution is -0.151. The number of rotatable bonds is 5. The highest BCUT2D eigenvalue weighted by atomic mass is 35.5. The molecule has 1 aromatic carbocycles. The fourth-order valence-electron chi connectivity index (χ4n) is 2.68. The second-order valence-corrected chi connectivity index (χ2v) is 6.95. The van der Waals surface area contributed by atoms with Gasteiger partial charge in [0.05, 0.1) is 6.04 Å². The molecule has 2 aromatic rings. The molecule has 126 valence electrons. The fraction of sp³-hybridized carbons (Fsp3) is 0.294. The summed E-state index contributed by atoms with van der Waals surface area (Å²) < 4.78 is 5.33. The van der Waals surface area contributed by atoms with Gasteiger partial charge in [-0.25, -0.2) is 4.79 Å². The highest BCUT2D eigenvalue weighted by Crippen LogP contribution is 2.28. The molecule has 0 spiro atoms. The van der Waals surface area contributed by atoms with E-state index in [2.05, 4.69) is 5.32 Å². The molecule has 3 rings (SSSR count). The van der Waals surface area contributed by atoms with E-state index in [1.54, 1.807) is 12.1 Å². The summed E-state index contributed by atoms with van der Waals surface area (Å²) in [4.78, 5) is 24.5. The molecule has 1 amide bonds. The molecular weight excluding hydrogens is 350 g/mol. The summed E-state index contributed by atoms with van der Waals surface area (Å²) in [5.41, 5.74) is 0.906. The van der Waals surface area contributed by atoms with Gasteiger partial charge in [-0.1, -0.05) is 29.8 Å². The predicted molar refractivity (Wildman–Crippen MR) is 91.3 cm³/mol. The molecule has 1 aliphatic heterocycles. The Bertz CT molecular complexity index is 717. The van der Waals surface area contributed by atoms with Gasteiger partial charge in [0.25, 0.3) is 0 Å². The van der Waals surface area contributed by atoms with Crippen molar-refractivity contribution in [2.24, 2.45) is 0 Å². The first-order chi connectivity index (χ1) is 11.5. The van der Waals surface area contributed by atoms with Crippen LogP contribution in [0.4, 0.5) is 0 Å². The SMILES string of the molecule is O=C(NC(c1ccc(Cl)cc1)c1cccs1)[C@@H]1CC[C@H](C(=O)O)O1. The van der Waals surface area contributed by atoms with Crippen molar-refractivity contribution in [1.29, 1.82) is 0 Å². The van der Waals surface area contributed by atoms with Crippen LogP contribution in [-0.4, -0.2) is 29.2 Å². The van der Waals surface area contributed by atoms with Crippen LogP contribution in [0.2, 0.25) is 5.02 Å². The standard InChI is InChI=1S/C17H16ClNO4S/c18-11-5-3-10(4-6-11)15(14-2-1-9-24-14)19-16(20)12-7-8-13(23-12)17(21)22/h1-6,9,12-13,15H,7-8H2,(H,19,20)(H,21,22)/t12-,13+,15?/m0/s1. The number of nitrogens with one attached hydrogen (secondary N) is 1. The van der Waals surface area contributed by atoms with Gasteiger partial charge in [-0.2, -0.15) is 0 Å². The topological polar surface area (TPSA) is 75.6 Å². The van der Waals surface area contributed by atoms with E-state index in [0.717, 1.165) is 10.4 Å². The van der Waals surface area contributed by atoms with Crippen molar-refractivity contribution in [1.82, 2.24) is 5.32 Å². The number of benzene rings is 1. The number of aliphatic carboxylic acids is 1. The zero-order valence-electron chi connectivity index (χ0n) is 12.6. The maximum atomic E-state index is 12.5. The molecule has 0 bridgehead atoms. The summed E-state index contributed by atoms with van der Waals surface area (Å²) in [6.07, 6.45) is -0.893. The predicted octanol–water partition coefficient (Wildman–Crippen LogP) is 3.24. The van der Waals surface area contributed by atoms with Crippen LogP contribution < -0.4 is 5.32 Å². The van der Waals surface area contributed by atoms with Crippen molar-refractivity contribution in [3.05, 3.63) is 57.2 Å². The van der Waals surface area contributed by atoms with Gasteiger partial charge >= 0.3 is 5.97 Å². The largest absolute Gasteiger partial charge is 0.479 e. The van der Waals surface area contributed by atoms with Crippen molar-refractivity contribution in [3.63, 3.8) is 0 Å². The van der Waals surface area contributed by atoms with Crippen LogP contribution in [-0.2, 0) is 14.3 Å². The van der Waals surface area contributed by atoms with E-state index in [0.29, 0.717) is 17.9 Å². The molecule has 1 aromatic heterocycles. The van der Waals surface area contributed by atoms with Gasteiger partial charge in [-0.15, -0.1) is 11.3 Å². The number of halogens is 1. The van der Waals surface area contributed by atoms with Gasteiger partial charge in [0.15, 0.2) is 6.10 Å². The Morgan fingerprint density at radius 3 is 2.50 bits per heavy atom. The zero-order chi connectivity index (χ0) is 17.1. The Morgan fingerprint density at radius 2 is 1.92 bits per heavy atom. The van der Waals surface area contributed by atoms with Gasteiger partial charge in [-0.3, -0.25) is 4.79 Å². The minimum Gasteiger partial charge on any atom is -0.479 e. The molecule has 1 aliphatic rings. The van der Waals surface area contributed by atoms with Crippen molar-refractivity contribution in [2.45, 2.75) is 31.1 Å². The molecule has 3 atom stereocenters. The summed E-state index contributed by atoms with van der Waals surface area (Å²) >= 11 is 7.47. The fourth-order valence-corrected chi connectivity index (χ4v) is 3.60. The summed E-state index contributed by atoms with van der Waals surface area (Å²) in [6, 6.07) is 10.8. The molecular formula is C17H16ClNO4S. The Morgan fingerprint density at radius 1 is 1.21 bits per heavy atom. The third kappa shape index (κ3) is 3.77. The molecule has 0 aliphatic carbocycles. The van der Waals surface area contributed by atoms with E-state index >= 15 is 0 Å². The number of hydrogen-bond acceptors (Lipinski definition) is 4. The van der Waals surface area contributed by atoms with Crippen LogP contribution in [0.3, 0.4) is 0 Å². The zero-order valence-corrected chi connectivity index (χ0v) is 14.2. The molecule has 24 heavy (non-hydrogen) atoms. The maximum Gasteiger partial charge on any atom is 0.332 e. The first kappa shape index (κ1) is 17.0. The first-order valence-corrected chi connectivity index (χ1v) is 8.78. The molecule has 1 fully saturated rings. The number of amides is 1. The lowest BCUT2D eigenvalue weighted by Gasteiger charge is -2.20. The van der Waals surface area contributed by atoms with Gasteiger partial charge in [0.2, 0.25) is 5.91 Å². The number of carbonyl (C=O) groups excluding carboxylic acids is 1. The van der Waals surface area contributed by atoms with E-state index in [1.165, 1.54) is 11.3 Å². The van der Waals surface area contributed by atoms with Crippen LogP contribution in [0.25, 0.3) is 0 Å². The second-order valence-electron chi connectivity index (χ2n) is 5.54. The maximum absolute atomic E-state index is 12.5. The molecule has 1 unspecified atom stereocenters. The van der Waals surface area contributed by atoms with Crippen LogP contribution in [0, 0.1) is 0 Å². The second kappa shape index (κ2) is 7.34. The van der Waals surface area contributed by atoms with Gasteiger partial charge in [-0.05, 0) is 42.0 Å². The Balaban J connectivity index is 1.76. The number of carboxylic acids is 1. The van der Waals surface area contributed by atoms with Crippen LogP contribution in [0.5, 0.6) is 0 Å². The normalized spacial score (nSPS) is 21.4. The first-order valence-electron chi connectivity index (χ1n) is 7.52. The van der Waals surface area contributed by atoms with Crippen molar-refractivity contribution in [3.8, 4) is 0 Å². The van der Waals surface area contributed by atoms with Gasteiger partial charge < -0.3 is 15.2 Å². The molecule has 2 heterocycles. The van der Waals surface area contributed by atoms with Crippen molar-refractivity contribution in [2.75, 3.05) is 0 Å². The minimum absolute atomic E-state index is 0.299. The third-order valence-corrected chi connectivity index (χ3v) is 5.09. The molecule has 0 radical (unpaired) electrons. The number of ether oxygens (including phenoxy) is 1. The number of hydrogen-bond donors (Lipinski definition) is 2. The van der Waals surface area contributed by atoms with E-state index in [-0.39, 0.29) is 11.9 Å². The Labute approximate surface area is 148 Å². The van der Waals surface area contributed by atoms with Gasteiger partial charge in [0, 0.05) is 9.90 Å². The minimum atomic E-state index is -1.03. The van der Waals surface area contributed by atoms with Crippen molar-refractivity contribution < 1.29 is 19.4 Å². The average molecular weight is 366 g/mol. The monoisotopic (exact) mass is 365 g/mol. The number of carbonyl (C=O) groups is 2. The van der Waals surface area contributed by atoms with Gasteiger partial charge in [0.1, 0.15) is 6.10 Å². The molecule has 7 heteroatoms. The Kier molecular flexibility index (Phi) is 5.18. The smallest absolute Gasteiger partial charge is 0.332 e.